The fourth-order valence-corrected chi connectivity index (χ4v) is 2.44. The van der Waals surface area contributed by atoms with Crippen LogP contribution in [0.25, 0.3) is 0 Å². The van der Waals surface area contributed by atoms with Crippen LogP contribution in [0.1, 0.15) is 10.4 Å². The number of alkyl halides is 1. The van der Waals surface area contributed by atoms with Crippen LogP contribution in [0.15, 0.2) is 18.2 Å². The summed E-state index contributed by atoms with van der Waals surface area (Å²) in [6.45, 7) is 1.47. The number of hydrogen-bond donors (Lipinski definition) is 2. The molecule has 2 N–H and O–H groups in total. The molecule has 6 heteroatoms. The highest BCUT2D eigenvalue weighted by Crippen LogP contribution is 2.25. The molecule has 1 aliphatic rings. The number of aromatic hydroxyl groups is 2. The molecule has 0 bridgehead atoms. The highest BCUT2D eigenvalue weighted by atomic mass is 79.9. The van der Waals surface area contributed by atoms with Gasteiger partial charge in [-0.05, 0) is 12.1 Å². The van der Waals surface area contributed by atoms with E-state index in [-0.39, 0.29) is 29.0 Å². The molecule has 18 heavy (non-hydrogen) atoms. The van der Waals surface area contributed by atoms with Crippen LogP contribution in [0, 0.1) is 0 Å². The van der Waals surface area contributed by atoms with Gasteiger partial charge >= 0.3 is 0 Å². The molecule has 1 saturated heterocycles. The Hall–Kier alpha value is -1.27. The largest absolute Gasteiger partial charge is 0.508 e. The van der Waals surface area contributed by atoms with Crippen LogP contribution >= 0.6 is 15.9 Å². The molecule has 1 heterocycles. The van der Waals surface area contributed by atoms with Crippen molar-refractivity contribution in [3.8, 4) is 11.5 Å². The van der Waals surface area contributed by atoms with Crippen molar-refractivity contribution in [2.75, 3.05) is 25.1 Å². The Morgan fingerprint density at radius 3 is 2.94 bits per heavy atom. The van der Waals surface area contributed by atoms with Gasteiger partial charge in [-0.1, -0.05) is 15.9 Å². The zero-order chi connectivity index (χ0) is 13.1. The van der Waals surface area contributed by atoms with Crippen molar-refractivity contribution >= 4 is 21.8 Å². The molecule has 1 aromatic carbocycles. The van der Waals surface area contributed by atoms with Gasteiger partial charge in [-0.25, -0.2) is 0 Å². The van der Waals surface area contributed by atoms with E-state index >= 15 is 0 Å². The fraction of sp³-hybridized carbons (Fsp3) is 0.417. The molecule has 0 aromatic heterocycles. The Bertz CT molecular complexity index is 452. The highest BCUT2D eigenvalue weighted by molar-refractivity contribution is 9.09. The third-order valence-corrected chi connectivity index (χ3v) is 3.63. The fourth-order valence-electron chi connectivity index (χ4n) is 1.91. The van der Waals surface area contributed by atoms with E-state index in [2.05, 4.69) is 15.9 Å². The molecule has 1 fully saturated rings. The predicted molar refractivity (Wildman–Crippen MR) is 69.2 cm³/mol. The molecular weight excluding hydrogens is 302 g/mol. The molecule has 1 aromatic rings. The van der Waals surface area contributed by atoms with Gasteiger partial charge in [0.2, 0.25) is 0 Å². The van der Waals surface area contributed by atoms with Crippen molar-refractivity contribution in [1.29, 1.82) is 0 Å². The average molecular weight is 316 g/mol. The van der Waals surface area contributed by atoms with Crippen molar-refractivity contribution in [2.24, 2.45) is 0 Å². The number of carbonyl (C=O) groups excluding carboxylic acids is 1. The lowest BCUT2D eigenvalue weighted by Gasteiger charge is -2.34. The maximum atomic E-state index is 12.3. The molecule has 1 atom stereocenters. The number of amides is 1. The van der Waals surface area contributed by atoms with Gasteiger partial charge in [0, 0.05) is 17.9 Å². The van der Waals surface area contributed by atoms with E-state index in [4.69, 9.17) is 4.74 Å². The third-order valence-electron chi connectivity index (χ3n) is 2.88. The Balaban J connectivity index is 2.24. The molecule has 0 saturated carbocycles. The minimum atomic E-state index is -0.250. The monoisotopic (exact) mass is 315 g/mol. The van der Waals surface area contributed by atoms with E-state index < -0.39 is 0 Å². The normalized spacial score (nSPS) is 19.8. The molecular formula is C12H14BrNO4. The van der Waals surface area contributed by atoms with E-state index in [0.29, 0.717) is 25.1 Å². The minimum Gasteiger partial charge on any atom is -0.508 e. The van der Waals surface area contributed by atoms with Crippen molar-refractivity contribution in [1.82, 2.24) is 4.90 Å². The molecule has 0 radical (unpaired) electrons. The van der Waals surface area contributed by atoms with Crippen LogP contribution in [0.4, 0.5) is 0 Å². The Morgan fingerprint density at radius 2 is 2.28 bits per heavy atom. The molecule has 0 spiro atoms. The van der Waals surface area contributed by atoms with E-state index in [1.54, 1.807) is 4.90 Å². The van der Waals surface area contributed by atoms with Gasteiger partial charge < -0.3 is 19.8 Å². The third kappa shape index (κ3) is 2.59. The molecule has 1 aliphatic heterocycles. The first-order valence-electron chi connectivity index (χ1n) is 5.60. The average Bonchev–Trinajstić information content (AvgIpc) is 2.38. The van der Waals surface area contributed by atoms with Crippen LogP contribution < -0.4 is 0 Å². The van der Waals surface area contributed by atoms with Gasteiger partial charge in [-0.15, -0.1) is 0 Å². The van der Waals surface area contributed by atoms with Crippen LogP contribution in [-0.2, 0) is 4.74 Å². The Kier molecular flexibility index (Phi) is 4.08. The topological polar surface area (TPSA) is 70.0 Å². The van der Waals surface area contributed by atoms with Crippen molar-refractivity contribution < 1.29 is 19.7 Å². The van der Waals surface area contributed by atoms with E-state index in [1.807, 2.05) is 0 Å². The summed E-state index contributed by atoms with van der Waals surface area (Å²) < 4.78 is 5.31. The molecule has 5 nitrogen and oxygen atoms in total. The summed E-state index contributed by atoms with van der Waals surface area (Å²) in [5.74, 6) is -0.525. The predicted octanol–water partition coefficient (Wildman–Crippen LogP) is 1.33. The first kappa shape index (κ1) is 13.2. The minimum absolute atomic E-state index is 0.0422. The zero-order valence-corrected chi connectivity index (χ0v) is 11.3. The number of halogens is 1. The quantitative estimate of drug-likeness (QED) is 0.808. The first-order valence-corrected chi connectivity index (χ1v) is 6.72. The van der Waals surface area contributed by atoms with Crippen molar-refractivity contribution in [3.63, 3.8) is 0 Å². The van der Waals surface area contributed by atoms with Crippen molar-refractivity contribution in [2.45, 2.75) is 6.04 Å². The number of phenolic OH excluding ortho intramolecular Hbond substituents is 2. The smallest absolute Gasteiger partial charge is 0.258 e. The lowest BCUT2D eigenvalue weighted by atomic mass is 10.1. The number of hydrogen-bond acceptors (Lipinski definition) is 4. The van der Waals surface area contributed by atoms with Gasteiger partial charge in [0.05, 0.1) is 24.8 Å². The summed E-state index contributed by atoms with van der Waals surface area (Å²) in [7, 11) is 0. The number of carbonyl (C=O) groups is 1. The molecule has 1 amide bonds. The number of phenols is 2. The lowest BCUT2D eigenvalue weighted by Crippen LogP contribution is -2.49. The summed E-state index contributed by atoms with van der Waals surface area (Å²) in [5.41, 5.74) is 0.195. The SMILES string of the molecule is O=C(c1ccc(O)cc1O)N1CCOCC1CBr. The van der Waals surface area contributed by atoms with Crippen LogP contribution in [0.2, 0.25) is 0 Å². The summed E-state index contributed by atoms with van der Waals surface area (Å²) >= 11 is 3.35. The van der Waals surface area contributed by atoms with Crippen LogP contribution in [0.3, 0.4) is 0 Å². The van der Waals surface area contributed by atoms with Gasteiger partial charge in [0.15, 0.2) is 0 Å². The van der Waals surface area contributed by atoms with Crippen LogP contribution in [0.5, 0.6) is 11.5 Å². The number of rotatable bonds is 2. The van der Waals surface area contributed by atoms with Gasteiger partial charge in [0.1, 0.15) is 11.5 Å². The number of benzene rings is 1. The molecule has 98 valence electrons. The summed E-state index contributed by atoms with van der Waals surface area (Å²) in [4.78, 5) is 14.0. The molecule has 2 rings (SSSR count). The van der Waals surface area contributed by atoms with E-state index in [0.717, 1.165) is 6.07 Å². The Morgan fingerprint density at radius 1 is 1.50 bits per heavy atom. The second-order valence-corrected chi connectivity index (χ2v) is 4.73. The number of morpholine rings is 1. The van der Waals surface area contributed by atoms with Gasteiger partial charge in [0.25, 0.3) is 5.91 Å². The van der Waals surface area contributed by atoms with Crippen LogP contribution in [-0.4, -0.2) is 52.2 Å². The molecule has 0 aliphatic carbocycles. The maximum Gasteiger partial charge on any atom is 0.258 e. The molecule has 1 unspecified atom stereocenters. The van der Waals surface area contributed by atoms with E-state index in [1.165, 1.54) is 12.1 Å². The summed E-state index contributed by atoms with van der Waals surface area (Å²) in [5, 5.41) is 19.5. The highest BCUT2D eigenvalue weighted by Gasteiger charge is 2.28. The summed E-state index contributed by atoms with van der Waals surface area (Å²) in [6, 6.07) is 3.93. The maximum absolute atomic E-state index is 12.3. The van der Waals surface area contributed by atoms with E-state index in [9.17, 15) is 15.0 Å². The van der Waals surface area contributed by atoms with Crippen molar-refractivity contribution in [3.05, 3.63) is 23.8 Å². The standard InChI is InChI=1S/C12H14BrNO4/c13-6-8-7-18-4-3-14(8)12(17)10-2-1-9(15)5-11(10)16/h1-2,5,8,15-16H,3-4,6-7H2. The first-order chi connectivity index (χ1) is 8.63. The lowest BCUT2D eigenvalue weighted by molar-refractivity contribution is 0.00510. The second kappa shape index (κ2) is 5.58. The second-order valence-electron chi connectivity index (χ2n) is 4.08. The Labute approximate surface area is 113 Å². The number of ether oxygens (including phenoxy) is 1. The van der Waals surface area contributed by atoms with Gasteiger partial charge in [-0.2, -0.15) is 0 Å². The number of nitrogens with zero attached hydrogens (tertiary/aromatic N) is 1. The zero-order valence-electron chi connectivity index (χ0n) is 9.67. The summed E-state index contributed by atoms with van der Waals surface area (Å²) in [6.07, 6.45) is 0. The van der Waals surface area contributed by atoms with Gasteiger partial charge in [-0.3, -0.25) is 4.79 Å².